The molecule has 2 heterocycles. The van der Waals surface area contributed by atoms with Crippen molar-refractivity contribution in [3.05, 3.63) is 179 Å². The largest absolute Gasteiger partial charge is 0.375 e. The Morgan fingerprint density at radius 3 is 1.20 bits per heavy atom. The number of hydrogen-bond acceptors (Lipinski definition) is 12. The third kappa shape index (κ3) is 20.1. The maximum absolute atomic E-state index is 14.9. The number of likely N-dealkylation sites (N-methyl/N-ethyl adjacent to an activating group) is 2. The molecule has 0 unspecified atom stereocenters. The molecule has 0 spiro atoms. The Balaban J connectivity index is 1.07. The maximum Gasteiger partial charge on any atom is 0.251 e. The Kier molecular flexibility index (Phi) is 24.7. The minimum Gasteiger partial charge on any atom is -0.375 e. The van der Waals surface area contributed by atoms with Gasteiger partial charge in [0.2, 0.25) is 35.4 Å². The van der Waals surface area contributed by atoms with Crippen molar-refractivity contribution in [3.63, 3.8) is 0 Å². The van der Waals surface area contributed by atoms with Gasteiger partial charge < -0.3 is 61.8 Å². The fourth-order valence-electron chi connectivity index (χ4n) is 11.1. The maximum atomic E-state index is 14.9. The van der Waals surface area contributed by atoms with Crippen molar-refractivity contribution >= 4 is 47.3 Å². The Labute approximate surface area is 523 Å². The van der Waals surface area contributed by atoms with E-state index < -0.39 is 112 Å². The van der Waals surface area contributed by atoms with Gasteiger partial charge in [0.05, 0.1) is 51.1 Å². The van der Waals surface area contributed by atoms with Gasteiger partial charge in [-0.25, -0.2) is 0 Å². The average Bonchev–Trinajstić information content (AvgIpc) is 2.42. The Bertz CT molecular complexity index is 3140. The molecule has 5 aromatic carbocycles. The van der Waals surface area contributed by atoms with Crippen LogP contribution >= 0.6 is 0 Å². The van der Waals surface area contributed by atoms with Crippen LogP contribution in [0.1, 0.15) is 104 Å². The summed E-state index contributed by atoms with van der Waals surface area (Å²) in [5.41, 5.74) is 2.73. The monoisotopic (exact) mass is 1220 g/mol. The molecule has 20 nitrogen and oxygen atoms in total. The highest BCUT2D eigenvalue weighted by molar-refractivity contribution is 5.99. The number of nitrogens with zero attached hydrogens (tertiary/aromatic N) is 2. The predicted octanol–water partition coefficient (Wildman–Crippen LogP) is 4.86. The lowest BCUT2D eigenvalue weighted by Gasteiger charge is -2.36. The number of benzene rings is 5. The number of hydrogen-bond donors (Lipinski definition) is 8. The topological polar surface area (TPSA) is 258 Å². The summed E-state index contributed by atoms with van der Waals surface area (Å²) in [7, 11) is 3.27. The zero-order valence-electron chi connectivity index (χ0n) is 52.8. The minimum atomic E-state index is -1.05. The van der Waals surface area contributed by atoms with E-state index in [9.17, 15) is 38.4 Å². The smallest absolute Gasteiger partial charge is 0.251 e. The minimum absolute atomic E-state index is 0.0349. The normalized spacial score (nSPS) is 18.3. The first-order valence-electron chi connectivity index (χ1n) is 30.7. The molecule has 2 aliphatic rings. The number of carbonyl (C=O) groups excluding carboxylic acids is 8. The third-order valence-electron chi connectivity index (χ3n) is 16.0. The summed E-state index contributed by atoms with van der Waals surface area (Å²) >= 11 is 0. The second kappa shape index (κ2) is 32.3. The SMILES string of the molecule is CNCC(=O)N[C@H](C(=O)N1C[C@@H](NC(=O)c2ccc(C(=O)N[C@H]3C[C@@H](C(=O)N[C@H](COCc4ccccc4)Cc4ccccc4)N(C(=O)[C@@H](NC(=O)[C@H](C)NC)C(C)(C)C)C3)cc2)C[C@H]1C(=O)N[C@H](COCc1ccccc1)Cc1ccccc1)C(C)(C)C. The second-order valence-corrected chi connectivity index (χ2v) is 25.4. The van der Waals surface area contributed by atoms with E-state index in [1.807, 2.05) is 163 Å². The average molecular weight is 1220 g/mol. The summed E-state index contributed by atoms with van der Waals surface area (Å²) in [6.07, 6.45) is 0.990. The van der Waals surface area contributed by atoms with Crippen LogP contribution < -0.4 is 42.5 Å². The van der Waals surface area contributed by atoms with E-state index in [1.165, 1.54) is 34.1 Å². The number of ether oxygens (including phenoxy) is 2. The van der Waals surface area contributed by atoms with Crippen molar-refractivity contribution in [2.24, 2.45) is 10.8 Å². The van der Waals surface area contributed by atoms with Crippen molar-refractivity contribution in [1.82, 2.24) is 52.3 Å². The van der Waals surface area contributed by atoms with E-state index in [1.54, 1.807) is 21.0 Å². The van der Waals surface area contributed by atoms with Gasteiger partial charge in [0, 0.05) is 36.3 Å². The second-order valence-electron chi connectivity index (χ2n) is 25.4. The number of nitrogens with one attached hydrogen (secondary N) is 8. The van der Waals surface area contributed by atoms with E-state index in [0.717, 1.165) is 22.3 Å². The Morgan fingerprint density at radius 1 is 0.494 bits per heavy atom. The molecule has 8 amide bonds. The van der Waals surface area contributed by atoms with E-state index in [4.69, 9.17) is 9.47 Å². The molecular weight excluding hydrogens is 1130 g/mol. The molecule has 0 radical (unpaired) electrons. The van der Waals surface area contributed by atoms with Gasteiger partial charge in [-0.3, -0.25) is 38.4 Å². The number of likely N-dealkylation sites (tertiary alicyclic amines) is 2. The first-order valence-corrected chi connectivity index (χ1v) is 30.7. The fraction of sp³-hybridized carbons (Fsp3) is 0.449. The molecule has 0 saturated carbocycles. The number of amides is 8. The zero-order valence-corrected chi connectivity index (χ0v) is 52.8. The molecule has 20 heteroatoms. The first kappa shape index (κ1) is 68.2. The van der Waals surface area contributed by atoms with E-state index >= 15 is 0 Å². The van der Waals surface area contributed by atoms with Gasteiger partial charge in [-0.05, 0) is 104 Å². The lowest BCUT2D eigenvalue weighted by molar-refractivity contribution is -0.144. The molecule has 89 heavy (non-hydrogen) atoms. The van der Waals surface area contributed by atoms with Crippen LogP contribution in [0.5, 0.6) is 0 Å². The highest BCUT2D eigenvalue weighted by Gasteiger charge is 2.48. The van der Waals surface area contributed by atoms with E-state index in [-0.39, 0.29) is 56.8 Å². The van der Waals surface area contributed by atoms with Crippen LogP contribution in [0, 0.1) is 10.8 Å². The summed E-state index contributed by atoms with van der Waals surface area (Å²) in [5.74, 6) is -3.67. The fourth-order valence-corrected chi connectivity index (χ4v) is 11.1. The van der Waals surface area contributed by atoms with Crippen molar-refractivity contribution < 1.29 is 47.8 Å². The zero-order chi connectivity index (χ0) is 64.3. The van der Waals surface area contributed by atoms with Gasteiger partial charge in [0.25, 0.3) is 11.8 Å². The van der Waals surface area contributed by atoms with Crippen molar-refractivity contribution in [2.45, 2.75) is 142 Å². The summed E-state index contributed by atoms with van der Waals surface area (Å²) in [6.45, 7) is 13.5. The molecule has 0 bridgehead atoms. The molecule has 2 saturated heterocycles. The standard InChI is InChI=1S/C69H90N10O10/c1-45(71-9)61(81)77-60(69(5,6)7)67(87)79-40-53(37-57(79)65(85)75-55(35-47-24-16-11-17-25-47)44-89-42-49-28-20-13-21-29-49)73-63(83)51-32-30-50(31-33-51)62(82)72-52-36-56(78(39-52)66(86)59(68(2,3)4)76-58(80)38-70-8)64(84)74-54(34-46-22-14-10-15-23-46)43-88-41-48-26-18-12-19-27-48/h10-33,45,52-57,59-60,70-71H,34-44H2,1-9H3,(H,72,82)(H,73,83)(H,74,84)(H,75,85)(H,76,80)(H,77,81)/t45-,52-,53-,54-,55-,56-,57-,59+,60+/m0/s1. The summed E-state index contributed by atoms with van der Waals surface area (Å²) < 4.78 is 12.3. The van der Waals surface area contributed by atoms with Crippen LogP contribution in [0.3, 0.4) is 0 Å². The van der Waals surface area contributed by atoms with Gasteiger partial charge >= 0.3 is 0 Å². The molecule has 7 rings (SSSR count). The quantitative estimate of drug-likeness (QED) is 0.0334. The summed E-state index contributed by atoms with van der Waals surface area (Å²) in [6, 6.07) is 37.6. The lowest BCUT2D eigenvalue weighted by atomic mass is 9.85. The Hall–Kier alpha value is -8.30. The predicted molar refractivity (Wildman–Crippen MR) is 341 cm³/mol. The highest BCUT2D eigenvalue weighted by atomic mass is 16.5. The van der Waals surface area contributed by atoms with Crippen molar-refractivity contribution in [3.8, 4) is 0 Å². The molecule has 8 N–H and O–H groups in total. The van der Waals surface area contributed by atoms with Crippen molar-refractivity contribution in [1.29, 1.82) is 0 Å². The highest BCUT2D eigenvalue weighted by Crippen LogP contribution is 2.29. The molecule has 0 aromatic heterocycles. The lowest BCUT2D eigenvalue weighted by Crippen LogP contribution is -2.60. The molecule has 476 valence electrons. The van der Waals surface area contributed by atoms with Gasteiger partial charge in [-0.15, -0.1) is 0 Å². The summed E-state index contributed by atoms with van der Waals surface area (Å²) in [4.78, 5) is 117. The van der Waals surface area contributed by atoms with Crippen molar-refractivity contribution in [2.75, 3.05) is 46.9 Å². The molecule has 9 atom stereocenters. The first-order chi connectivity index (χ1) is 42.5. The van der Waals surface area contributed by atoms with Crippen LogP contribution in [-0.4, -0.2) is 158 Å². The van der Waals surface area contributed by atoms with Crippen LogP contribution in [0.2, 0.25) is 0 Å². The van der Waals surface area contributed by atoms with Gasteiger partial charge in [-0.1, -0.05) is 163 Å². The molecule has 0 aliphatic carbocycles. The summed E-state index contributed by atoms with van der Waals surface area (Å²) in [5, 5.41) is 23.9. The van der Waals surface area contributed by atoms with Crippen LogP contribution in [0.25, 0.3) is 0 Å². The van der Waals surface area contributed by atoms with Crippen LogP contribution in [-0.2, 0) is 64.3 Å². The third-order valence-corrected chi connectivity index (χ3v) is 16.0. The van der Waals surface area contributed by atoms with Crippen LogP contribution in [0.4, 0.5) is 0 Å². The number of rotatable bonds is 28. The Morgan fingerprint density at radius 2 is 0.854 bits per heavy atom. The molecular formula is C69H90N10O10. The van der Waals surface area contributed by atoms with Gasteiger partial charge in [0.15, 0.2) is 0 Å². The molecule has 2 aliphatic heterocycles. The van der Waals surface area contributed by atoms with Gasteiger partial charge in [0.1, 0.15) is 24.2 Å². The van der Waals surface area contributed by atoms with E-state index in [2.05, 4.69) is 42.5 Å². The number of carbonyl (C=O) groups is 8. The van der Waals surface area contributed by atoms with E-state index in [0.29, 0.717) is 26.1 Å². The molecule has 5 aromatic rings. The van der Waals surface area contributed by atoms with Gasteiger partial charge in [-0.2, -0.15) is 0 Å². The van der Waals surface area contributed by atoms with Crippen LogP contribution in [0.15, 0.2) is 146 Å². The molecule has 2 fully saturated rings.